The number of anilines is 2. The highest BCUT2D eigenvalue weighted by atomic mass is 35.5. The van der Waals surface area contributed by atoms with E-state index in [1.54, 1.807) is 0 Å². The van der Waals surface area contributed by atoms with Gasteiger partial charge in [-0.15, -0.1) is 0 Å². The summed E-state index contributed by atoms with van der Waals surface area (Å²) in [7, 11) is 4.11. The van der Waals surface area contributed by atoms with Crippen molar-refractivity contribution in [2.24, 2.45) is 0 Å². The molecule has 142 valence electrons. The van der Waals surface area contributed by atoms with Crippen LogP contribution in [-0.4, -0.2) is 33.0 Å². The number of ether oxygens (including phenoxy) is 1. The van der Waals surface area contributed by atoms with Crippen LogP contribution in [0.15, 0.2) is 48.5 Å². The number of fused-ring (bicyclic) bond motifs is 3. The smallest absolute Gasteiger partial charge is 0.169 e. The molecule has 2 heterocycles. The summed E-state index contributed by atoms with van der Waals surface area (Å²) in [4.78, 5) is 4.52. The fraction of sp³-hybridized carbons (Fsp3) is 0.391. The largest absolute Gasteiger partial charge is 0.378 e. The molecular formula is C23H27ClN2O. The molecule has 0 aliphatic carbocycles. The molecule has 0 bridgehead atoms. The van der Waals surface area contributed by atoms with Crippen LogP contribution >= 0.6 is 11.6 Å². The van der Waals surface area contributed by atoms with E-state index in [2.05, 4.69) is 86.3 Å². The fourth-order valence-corrected chi connectivity index (χ4v) is 4.56. The Hall–Kier alpha value is -1.97. The molecule has 0 saturated carbocycles. The van der Waals surface area contributed by atoms with Gasteiger partial charge in [-0.2, -0.15) is 0 Å². The Morgan fingerprint density at radius 2 is 1.85 bits per heavy atom. The lowest BCUT2D eigenvalue weighted by Crippen LogP contribution is -2.59. The van der Waals surface area contributed by atoms with E-state index in [9.17, 15) is 0 Å². The number of hydrogen-bond donors (Lipinski definition) is 0. The zero-order valence-corrected chi connectivity index (χ0v) is 17.3. The second-order valence-corrected chi connectivity index (χ2v) is 8.59. The van der Waals surface area contributed by atoms with Gasteiger partial charge in [-0.3, -0.25) is 0 Å². The Morgan fingerprint density at radius 1 is 1.11 bits per heavy atom. The van der Waals surface area contributed by atoms with E-state index in [0.29, 0.717) is 0 Å². The highest BCUT2D eigenvalue weighted by molar-refractivity contribution is 6.30. The molecule has 1 fully saturated rings. The van der Waals surface area contributed by atoms with Gasteiger partial charge in [0.2, 0.25) is 0 Å². The summed E-state index contributed by atoms with van der Waals surface area (Å²) in [6, 6.07) is 14.8. The standard InChI is InChI=1S/C23H27ClN2O/c1-22(2)20-16-18(24)8-11-21(20)26-14-5-15-27-23(22,26)13-12-17-6-9-19(10-7-17)25(3)4/h6-13,16H,5,14-15H2,1-4H3/b13-12+. The first-order chi connectivity index (χ1) is 12.8. The highest BCUT2D eigenvalue weighted by Crippen LogP contribution is 2.55. The molecule has 0 radical (unpaired) electrons. The Labute approximate surface area is 167 Å². The van der Waals surface area contributed by atoms with Crippen LogP contribution in [0.5, 0.6) is 0 Å². The van der Waals surface area contributed by atoms with Gasteiger partial charge in [0, 0.05) is 42.5 Å². The highest BCUT2D eigenvalue weighted by Gasteiger charge is 2.57. The van der Waals surface area contributed by atoms with Crippen LogP contribution in [0.25, 0.3) is 6.08 Å². The van der Waals surface area contributed by atoms with Crippen molar-refractivity contribution in [3.05, 3.63) is 64.7 Å². The van der Waals surface area contributed by atoms with Gasteiger partial charge in [-0.25, -0.2) is 0 Å². The molecule has 0 aromatic heterocycles. The van der Waals surface area contributed by atoms with Crippen molar-refractivity contribution >= 4 is 29.1 Å². The van der Waals surface area contributed by atoms with Gasteiger partial charge >= 0.3 is 0 Å². The Bertz CT molecular complexity index is 872. The second kappa shape index (κ2) is 6.57. The minimum Gasteiger partial charge on any atom is -0.378 e. The first-order valence-corrected chi connectivity index (χ1v) is 9.91. The monoisotopic (exact) mass is 382 g/mol. The van der Waals surface area contributed by atoms with Gasteiger partial charge in [0.25, 0.3) is 0 Å². The van der Waals surface area contributed by atoms with Crippen molar-refractivity contribution in [1.82, 2.24) is 0 Å². The molecule has 3 nitrogen and oxygen atoms in total. The van der Waals surface area contributed by atoms with Gasteiger partial charge in [0.1, 0.15) is 0 Å². The number of rotatable bonds is 3. The SMILES string of the molecule is CN(C)c1ccc(/C=C/C23OCCCN2c2ccc(Cl)cc2C3(C)C)cc1. The molecule has 2 aliphatic heterocycles. The predicted octanol–water partition coefficient (Wildman–Crippen LogP) is 5.33. The van der Waals surface area contributed by atoms with E-state index in [4.69, 9.17) is 16.3 Å². The maximum absolute atomic E-state index is 6.50. The summed E-state index contributed by atoms with van der Waals surface area (Å²) >= 11 is 6.33. The lowest BCUT2D eigenvalue weighted by Gasteiger charge is -2.48. The summed E-state index contributed by atoms with van der Waals surface area (Å²) < 4.78 is 6.50. The molecular weight excluding hydrogens is 356 g/mol. The molecule has 27 heavy (non-hydrogen) atoms. The summed E-state index contributed by atoms with van der Waals surface area (Å²) in [5, 5.41) is 0.778. The van der Waals surface area contributed by atoms with Crippen molar-refractivity contribution in [3.63, 3.8) is 0 Å². The third-order valence-electron chi connectivity index (χ3n) is 5.98. The van der Waals surface area contributed by atoms with Gasteiger partial charge in [0.05, 0.1) is 6.61 Å². The van der Waals surface area contributed by atoms with E-state index in [1.807, 2.05) is 6.07 Å². The summed E-state index contributed by atoms with van der Waals surface area (Å²) in [5.41, 5.74) is 4.17. The van der Waals surface area contributed by atoms with Crippen molar-refractivity contribution in [2.75, 3.05) is 37.0 Å². The maximum Gasteiger partial charge on any atom is 0.169 e. The normalized spacial score (nSPS) is 23.4. The molecule has 4 heteroatoms. The maximum atomic E-state index is 6.50. The number of halogens is 1. The van der Waals surface area contributed by atoms with Gasteiger partial charge in [0.15, 0.2) is 5.72 Å². The van der Waals surface area contributed by atoms with Crippen molar-refractivity contribution < 1.29 is 4.74 Å². The zero-order chi connectivity index (χ0) is 19.2. The van der Waals surface area contributed by atoms with Crippen LogP contribution in [0.1, 0.15) is 31.4 Å². The summed E-state index contributed by atoms with van der Waals surface area (Å²) in [6.45, 7) is 6.27. The van der Waals surface area contributed by atoms with E-state index in [-0.39, 0.29) is 5.41 Å². The minimum atomic E-state index is -0.488. The average molecular weight is 383 g/mol. The third kappa shape index (κ3) is 2.84. The molecule has 1 saturated heterocycles. The number of hydrogen-bond acceptors (Lipinski definition) is 3. The summed E-state index contributed by atoms with van der Waals surface area (Å²) in [5.74, 6) is 0. The van der Waals surface area contributed by atoms with E-state index in [0.717, 1.165) is 24.6 Å². The van der Waals surface area contributed by atoms with E-state index >= 15 is 0 Å². The van der Waals surface area contributed by atoms with Crippen LogP contribution in [0.3, 0.4) is 0 Å². The molecule has 0 N–H and O–H groups in total. The summed E-state index contributed by atoms with van der Waals surface area (Å²) in [6.07, 6.45) is 5.46. The number of benzene rings is 2. The molecule has 0 amide bonds. The topological polar surface area (TPSA) is 15.7 Å². The van der Waals surface area contributed by atoms with Gasteiger partial charge in [-0.1, -0.05) is 43.7 Å². The van der Waals surface area contributed by atoms with Crippen LogP contribution < -0.4 is 9.80 Å². The molecule has 4 rings (SSSR count). The Balaban J connectivity index is 1.75. The van der Waals surface area contributed by atoms with Crippen LogP contribution in [-0.2, 0) is 10.2 Å². The molecule has 1 unspecified atom stereocenters. The lowest BCUT2D eigenvalue weighted by molar-refractivity contribution is -0.0682. The lowest BCUT2D eigenvalue weighted by atomic mass is 9.76. The van der Waals surface area contributed by atoms with Crippen molar-refractivity contribution in [3.8, 4) is 0 Å². The number of nitrogens with zero attached hydrogens (tertiary/aromatic N) is 2. The molecule has 2 aliphatic rings. The molecule has 0 spiro atoms. The second-order valence-electron chi connectivity index (χ2n) is 8.16. The third-order valence-corrected chi connectivity index (χ3v) is 6.21. The quantitative estimate of drug-likeness (QED) is 0.713. The zero-order valence-electron chi connectivity index (χ0n) is 16.5. The molecule has 2 aromatic carbocycles. The van der Waals surface area contributed by atoms with E-state index in [1.165, 1.54) is 22.5 Å². The molecule has 2 aromatic rings. The first kappa shape index (κ1) is 18.4. The average Bonchev–Trinajstić information content (AvgIpc) is 2.85. The first-order valence-electron chi connectivity index (χ1n) is 9.53. The van der Waals surface area contributed by atoms with Gasteiger partial charge < -0.3 is 14.5 Å². The van der Waals surface area contributed by atoms with Crippen molar-refractivity contribution in [1.29, 1.82) is 0 Å². The Kier molecular flexibility index (Phi) is 4.48. The Morgan fingerprint density at radius 3 is 2.56 bits per heavy atom. The van der Waals surface area contributed by atoms with Gasteiger partial charge in [-0.05, 0) is 54.0 Å². The van der Waals surface area contributed by atoms with E-state index < -0.39 is 5.72 Å². The fourth-order valence-electron chi connectivity index (χ4n) is 4.39. The van der Waals surface area contributed by atoms with Crippen LogP contribution in [0.4, 0.5) is 11.4 Å². The predicted molar refractivity (Wildman–Crippen MR) is 115 cm³/mol. The van der Waals surface area contributed by atoms with Crippen LogP contribution in [0.2, 0.25) is 5.02 Å². The molecule has 1 atom stereocenters. The minimum absolute atomic E-state index is 0.201. The van der Waals surface area contributed by atoms with Crippen LogP contribution in [0, 0.1) is 0 Å². The van der Waals surface area contributed by atoms with Crippen molar-refractivity contribution in [2.45, 2.75) is 31.4 Å².